The average molecular weight is 336 g/mol. The van der Waals surface area contributed by atoms with Crippen LogP contribution in [0.1, 0.15) is 23.0 Å². The minimum Gasteiger partial charge on any atom is -0.449 e. The maximum Gasteiger partial charge on any atom is 0.287 e. The summed E-state index contributed by atoms with van der Waals surface area (Å²) < 4.78 is 5.49. The molecule has 0 radical (unpaired) electrons. The van der Waals surface area contributed by atoms with Crippen LogP contribution < -0.4 is 5.32 Å². The Bertz CT molecular complexity index is 808. The first-order valence-corrected chi connectivity index (χ1v) is 8.01. The Morgan fingerprint density at radius 3 is 2.95 bits per heavy atom. The van der Waals surface area contributed by atoms with Gasteiger partial charge in [-0.1, -0.05) is 23.7 Å². The number of furan rings is 1. The van der Waals surface area contributed by atoms with Crippen molar-refractivity contribution in [2.75, 3.05) is 6.54 Å². The first-order valence-electron chi connectivity index (χ1n) is 6.69. The third-order valence-electron chi connectivity index (χ3n) is 3.46. The van der Waals surface area contributed by atoms with Crippen molar-refractivity contribution >= 4 is 39.8 Å². The molecule has 22 heavy (non-hydrogen) atoms. The molecule has 114 valence electrons. The molecule has 0 aliphatic carbocycles. The van der Waals surface area contributed by atoms with Crippen LogP contribution in [0, 0.1) is 0 Å². The zero-order valence-corrected chi connectivity index (χ0v) is 13.4. The lowest BCUT2D eigenvalue weighted by Gasteiger charge is -2.22. The molecule has 0 fully saturated rings. The molecular weight excluding hydrogens is 322 g/mol. The summed E-state index contributed by atoms with van der Waals surface area (Å²) in [6.07, 6.45) is 0. The average Bonchev–Trinajstić information content (AvgIpc) is 3.14. The Balaban J connectivity index is 1.75. The topological polar surface area (TPSA) is 62.5 Å². The Kier molecular flexibility index (Phi) is 3.95. The summed E-state index contributed by atoms with van der Waals surface area (Å²) in [5, 5.41) is 18.0. The van der Waals surface area contributed by atoms with Crippen molar-refractivity contribution in [2.45, 2.75) is 12.5 Å². The van der Waals surface area contributed by atoms with Gasteiger partial charge in [0.05, 0.1) is 11.6 Å². The van der Waals surface area contributed by atoms with Crippen molar-refractivity contribution in [1.29, 1.82) is 0 Å². The predicted octanol–water partition coefficient (Wildman–Crippen LogP) is 3.79. The van der Waals surface area contributed by atoms with E-state index in [1.807, 2.05) is 22.9 Å². The van der Waals surface area contributed by atoms with Gasteiger partial charge in [-0.05, 0) is 41.4 Å². The van der Waals surface area contributed by atoms with Gasteiger partial charge in [0.2, 0.25) is 0 Å². The zero-order valence-electron chi connectivity index (χ0n) is 11.8. The minimum atomic E-state index is -1.13. The van der Waals surface area contributed by atoms with Crippen LogP contribution in [0.15, 0.2) is 45.5 Å². The summed E-state index contributed by atoms with van der Waals surface area (Å²) >= 11 is 7.52. The van der Waals surface area contributed by atoms with E-state index in [2.05, 4.69) is 5.32 Å². The SMILES string of the molecule is CC(O)(CNC(=O)c1cc2cccc(Cl)c2o1)c1ccsc1. The first kappa shape index (κ1) is 15.1. The van der Waals surface area contributed by atoms with Crippen LogP contribution in [0.2, 0.25) is 5.02 Å². The highest BCUT2D eigenvalue weighted by molar-refractivity contribution is 7.08. The molecule has 6 heteroatoms. The Morgan fingerprint density at radius 2 is 2.27 bits per heavy atom. The van der Waals surface area contributed by atoms with Gasteiger partial charge in [-0.25, -0.2) is 0 Å². The Hall–Kier alpha value is -1.82. The quantitative estimate of drug-likeness (QED) is 0.762. The standard InChI is InChI=1S/C16H14ClNO3S/c1-16(20,11-5-6-22-8-11)9-18-15(19)13-7-10-3-2-4-12(17)14(10)21-13/h2-8,20H,9H2,1H3,(H,18,19). The molecule has 1 unspecified atom stereocenters. The fraction of sp³-hybridized carbons (Fsp3) is 0.188. The largest absolute Gasteiger partial charge is 0.449 e. The molecule has 1 aromatic carbocycles. The monoisotopic (exact) mass is 335 g/mol. The fourth-order valence-electron chi connectivity index (χ4n) is 2.15. The van der Waals surface area contributed by atoms with E-state index in [1.54, 1.807) is 25.1 Å². The normalized spacial score (nSPS) is 14.0. The van der Waals surface area contributed by atoms with Gasteiger partial charge in [0.15, 0.2) is 11.3 Å². The fourth-order valence-corrected chi connectivity index (χ4v) is 3.16. The van der Waals surface area contributed by atoms with E-state index in [0.717, 1.165) is 10.9 Å². The van der Waals surface area contributed by atoms with Gasteiger partial charge >= 0.3 is 0 Å². The van der Waals surface area contributed by atoms with Crippen LogP contribution in [0.3, 0.4) is 0 Å². The highest BCUT2D eigenvalue weighted by atomic mass is 35.5. The smallest absolute Gasteiger partial charge is 0.287 e. The number of nitrogens with one attached hydrogen (secondary N) is 1. The summed E-state index contributed by atoms with van der Waals surface area (Å²) in [5.74, 6) is -0.216. The molecule has 0 aliphatic rings. The van der Waals surface area contributed by atoms with E-state index in [1.165, 1.54) is 11.3 Å². The molecule has 4 nitrogen and oxygen atoms in total. The molecule has 2 aromatic heterocycles. The lowest BCUT2D eigenvalue weighted by molar-refractivity contribution is 0.0523. The van der Waals surface area contributed by atoms with E-state index in [-0.39, 0.29) is 18.2 Å². The van der Waals surface area contributed by atoms with Gasteiger partial charge in [-0.3, -0.25) is 4.79 Å². The minimum absolute atomic E-state index is 0.0906. The Morgan fingerprint density at radius 1 is 1.45 bits per heavy atom. The number of halogens is 1. The van der Waals surface area contributed by atoms with E-state index in [4.69, 9.17) is 16.0 Å². The lowest BCUT2D eigenvalue weighted by Crippen LogP contribution is -2.38. The van der Waals surface area contributed by atoms with Gasteiger partial charge < -0.3 is 14.8 Å². The highest BCUT2D eigenvalue weighted by Crippen LogP contribution is 2.27. The molecule has 0 saturated carbocycles. The second-order valence-electron chi connectivity index (χ2n) is 5.24. The maximum atomic E-state index is 12.2. The van der Waals surface area contributed by atoms with Crippen molar-refractivity contribution in [3.8, 4) is 0 Å². The molecule has 1 amide bonds. The molecule has 0 spiro atoms. The van der Waals surface area contributed by atoms with Gasteiger partial charge in [0.1, 0.15) is 5.60 Å². The van der Waals surface area contributed by atoms with E-state index >= 15 is 0 Å². The zero-order chi connectivity index (χ0) is 15.7. The Labute approximate surface area is 136 Å². The molecule has 2 N–H and O–H groups in total. The summed E-state index contributed by atoms with van der Waals surface area (Å²) in [7, 11) is 0. The van der Waals surface area contributed by atoms with Crippen molar-refractivity contribution in [2.24, 2.45) is 0 Å². The highest BCUT2D eigenvalue weighted by Gasteiger charge is 2.25. The molecule has 1 atom stereocenters. The number of aliphatic hydroxyl groups is 1. The third kappa shape index (κ3) is 2.88. The van der Waals surface area contributed by atoms with Crippen LogP contribution in [-0.4, -0.2) is 17.6 Å². The number of hydrogen-bond acceptors (Lipinski definition) is 4. The van der Waals surface area contributed by atoms with Crippen LogP contribution in [-0.2, 0) is 5.60 Å². The van der Waals surface area contributed by atoms with E-state index in [0.29, 0.717) is 10.6 Å². The molecule has 3 rings (SSSR count). The number of carbonyl (C=O) groups is 1. The number of thiophene rings is 1. The van der Waals surface area contributed by atoms with Crippen LogP contribution in [0.4, 0.5) is 0 Å². The maximum absolute atomic E-state index is 12.2. The second-order valence-corrected chi connectivity index (χ2v) is 6.42. The molecular formula is C16H14ClNO3S. The van der Waals surface area contributed by atoms with Gasteiger partial charge in [-0.15, -0.1) is 0 Å². The lowest BCUT2D eigenvalue weighted by atomic mass is 9.99. The predicted molar refractivity (Wildman–Crippen MR) is 87.4 cm³/mol. The van der Waals surface area contributed by atoms with Crippen molar-refractivity contribution in [1.82, 2.24) is 5.32 Å². The molecule has 0 aliphatic heterocycles. The number of hydrogen-bond donors (Lipinski definition) is 2. The van der Waals surface area contributed by atoms with E-state index < -0.39 is 5.60 Å². The van der Waals surface area contributed by atoms with Gasteiger partial charge in [0.25, 0.3) is 5.91 Å². The number of carbonyl (C=O) groups excluding carboxylic acids is 1. The van der Waals surface area contributed by atoms with Crippen LogP contribution in [0.5, 0.6) is 0 Å². The number of para-hydroxylation sites is 1. The number of rotatable bonds is 4. The summed E-state index contributed by atoms with van der Waals surface area (Å²) in [4.78, 5) is 12.2. The molecule has 2 heterocycles. The number of benzene rings is 1. The third-order valence-corrected chi connectivity index (χ3v) is 4.44. The van der Waals surface area contributed by atoms with Crippen molar-refractivity contribution < 1.29 is 14.3 Å². The molecule has 0 saturated heterocycles. The van der Waals surface area contributed by atoms with Crippen molar-refractivity contribution in [3.05, 3.63) is 57.4 Å². The van der Waals surface area contributed by atoms with Crippen LogP contribution in [0.25, 0.3) is 11.0 Å². The second kappa shape index (κ2) is 5.76. The first-order chi connectivity index (χ1) is 10.5. The number of fused-ring (bicyclic) bond motifs is 1. The summed E-state index contributed by atoms with van der Waals surface area (Å²) in [6, 6.07) is 8.79. The van der Waals surface area contributed by atoms with E-state index in [9.17, 15) is 9.90 Å². The molecule has 3 aromatic rings. The molecule has 0 bridgehead atoms. The number of amides is 1. The van der Waals surface area contributed by atoms with Gasteiger partial charge in [-0.2, -0.15) is 11.3 Å². The van der Waals surface area contributed by atoms with Crippen molar-refractivity contribution in [3.63, 3.8) is 0 Å². The van der Waals surface area contributed by atoms with Crippen LogP contribution >= 0.6 is 22.9 Å². The van der Waals surface area contributed by atoms with Gasteiger partial charge in [0, 0.05) is 5.39 Å². The summed E-state index contributed by atoms with van der Waals surface area (Å²) in [5.41, 5.74) is 0.128. The summed E-state index contributed by atoms with van der Waals surface area (Å²) in [6.45, 7) is 1.75.